The number of esters is 1. The maximum absolute atomic E-state index is 12.2. The fraction of sp³-hybridized carbons (Fsp3) is 0.500. The zero-order chi connectivity index (χ0) is 16.4. The van der Waals surface area contributed by atoms with Crippen LogP contribution in [-0.2, 0) is 9.53 Å². The van der Waals surface area contributed by atoms with E-state index in [2.05, 4.69) is 26.6 Å². The van der Waals surface area contributed by atoms with Crippen molar-refractivity contribution in [2.75, 3.05) is 19.6 Å². The van der Waals surface area contributed by atoms with E-state index < -0.39 is 0 Å². The van der Waals surface area contributed by atoms with Crippen LogP contribution in [0.5, 0.6) is 0 Å². The van der Waals surface area contributed by atoms with Crippen molar-refractivity contribution in [3.63, 3.8) is 0 Å². The Morgan fingerprint density at radius 3 is 2.87 bits per heavy atom. The maximum Gasteiger partial charge on any atom is 0.312 e. The Hall–Kier alpha value is -1.11. The van der Waals surface area contributed by atoms with Gasteiger partial charge in [0, 0.05) is 15.9 Å². The van der Waals surface area contributed by atoms with Crippen molar-refractivity contribution in [2.24, 2.45) is 5.41 Å². The summed E-state index contributed by atoms with van der Waals surface area (Å²) in [5, 5.41) is 6.66. The molecule has 0 saturated carbocycles. The fourth-order valence-electron chi connectivity index (χ4n) is 3.24. The number of carbonyl (C=O) groups is 2. The first-order chi connectivity index (χ1) is 11.0. The number of ether oxygens (including phenoxy) is 1. The van der Waals surface area contributed by atoms with Crippen molar-refractivity contribution in [2.45, 2.75) is 25.4 Å². The summed E-state index contributed by atoms with van der Waals surface area (Å²) in [5.41, 5.74) is 0.150. The van der Waals surface area contributed by atoms with Crippen molar-refractivity contribution in [3.8, 4) is 0 Å². The zero-order valence-corrected chi connectivity index (χ0v) is 14.9. The molecular formula is C16H18BrClN2O3. The van der Waals surface area contributed by atoms with Gasteiger partial charge in [-0.3, -0.25) is 9.59 Å². The Morgan fingerprint density at radius 1 is 1.43 bits per heavy atom. The second-order valence-electron chi connectivity index (χ2n) is 6.10. The van der Waals surface area contributed by atoms with E-state index in [1.807, 2.05) is 0 Å². The number of rotatable bonds is 3. The van der Waals surface area contributed by atoms with Gasteiger partial charge in [0.25, 0.3) is 5.91 Å². The molecule has 2 saturated heterocycles. The summed E-state index contributed by atoms with van der Waals surface area (Å²) in [6, 6.07) is 5.01. The molecule has 1 aromatic rings. The molecule has 0 radical (unpaired) electrons. The van der Waals surface area contributed by atoms with Crippen molar-refractivity contribution in [3.05, 3.63) is 33.3 Å². The number of hydrogen-bond donors (Lipinski definition) is 2. The van der Waals surface area contributed by atoms with Crippen LogP contribution in [-0.4, -0.2) is 37.6 Å². The minimum absolute atomic E-state index is 0.120. The third-order valence-electron chi connectivity index (χ3n) is 4.55. The van der Waals surface area contributed by atoms with Crippen LogP contribution in [0, 0.1) is 5.41 Å². The minimum atomic E-state index is -0.360. The molecule has 2 aliphatic heterocycles. The third-order valence-corrected chi connectivity index (χ3v) is 5.44. The van der Waals surface area contributed by atoms with Gasteiger partial charge in [-0.1, -0.05) is 11.6 Å². The summed E-state index contributed by atoms with van der Waals surface area (Å²) in [5.74, 6) is -0.332. The van der Waals surface area contributed by atoms with Gasteiger partial charge in [0.2, 0.25) is 0 Å². The Balaban J connectivity index is 1.58. The standard InChI is InChI=1S/C16H18BrClN2O3/c17-13-7-10(18)1-2-12(13)14(21)20-9-11-8-16(15(22)23-11)3-5-19-6-4-16/h1-2,7,11,19H,3-6,8-9H2,(H,20,21). The van der Waals surface area contributed by atoms with Gasteiger partial charge < -0.3 is 15.4 Å². The first-order valence-corrected chi connectivity index (χ1v) is 8.82. The monoisotopic (exact) mass is 400 g/mol. The number of cyclic esters (lactones) is 1. The molecule has 1 spiro atoms. The van der Waals surface area contributed by atoms with Crippen LogP contribution >= 0.6 is 27.5 Å². The highest BCUT2D eigenvalue weighted by molar-refractivity contribution is 9.10. The molecule has 2 aliphatic rings. The van der Waals surface area contributed by atoms with E-state index in [9.17, 15) is 9.59 Å². The molecule has 1 atom stereocenters. The highest BCUT2D eigenvalue weighted by Crippen LogP contribution is 2.41. The Kier molecular flexibility index (Phi) is 4.94. The highest BCUT2D eigenvalue weighted by Gasteiger charge is 2.49. The first kappa shape index (κ1) is 16.7. The highest BCUT2D eigenvalue weighted by atomic mass is 79.9. The molecule has 23 heavy (non-hydrogen) atoms. The number of carbonyl (C=O) groups excluding carboxylic acids is 2. The van der Waals surface area contributed by atoms with Gasteiger partial charge in [-0.05, 0) is 60.1 Å². The summed E-state index contributed by atoms with van der Waals surface area (Å²) >= 11 is 9.21. The van der Waals surface area contributed by atoms with Gasteiger partial charge in [-0.25, -0.2) is 0 Å². The molecule has 0 aromatic heterocycles. The SMILES string of the molecule is O=C(NCC1CC2(CCNCC2)C(=O)O1)c1ccc(Cl)cc1Br. The lowest BCUT2D eigenvalue weighted by Gasteiger charge is -2.29. The normalized spacial score (nSPS) is 22.9. The zero-order valence-electron chi connectivity index (χ0n) is 12.5. The molecule has 124 valence electrons. The van der Waals surface area contributed by atoms with Crippen LogP contribution < -0.4 is 10.6 Å². The fourth-order valence-corrected chi connectivity index (χ4v) is 4.10. The van der Waals surface area contributed by atoms with Crippen LogP contribution in [0.2, 0.25) is 5.02 Å². The molecule has 1 unspecified atom stereocenters. The van der Waals surface area contributed by atoms with Crippen LogP contribution in [0.15, 0.2) is 22.7 Å². The average Bonchev–Trinajstić information content (AvgIpc) is 2.81. The number of amides is 1. The lowest BCUT2D eigenvalue weighted by Crippen LogP contribution is -2.39. The van der Waals surface area contributed by atoms with E-state index >= 15 is 0 Å². The molecular weight excluding hydrogens is 384 g/mol. The largest absolute Gasteiger partial charge is 0.460 e. The number of benzene rings is 1. The lowest BCUT2D eigenvalue weighted by molar-refractivity contribution is -0.149. The van der Waals surface area contributed by atoms with Crippen LogP contribution in [0.3, 0.4) is 0 Å². The molecule has 3 rings (SSSR count). The average molecular weight is 402 g/mol. The van der Waals surface area contributed by atoms with Crippen molar-refractivity contribution in [1.29, 1.82) is 0 Å². The predicted molar refractivity (Wildman–Crippen MR) is 90.5 cm³/mol. The van der Waals surface area contributed by atoms with Gasteiger partial charge in [-0.15, -0.1) is 0 Å². The van der Waals surface area contributed by atoms with E-state index in [0.29, 0.717) is 28.0 Å². The molecule has 1 aromatic carbocycles. The quantitative estimate of drug-likeness (QED) is 0.764. The van der Waals surface area contributed by atoms with Crippen molar-refractivity contribution in [1.82, 2.24) is 10.6 Å². The lowest BCUT2D eigenvalue weighted by atomic mass is 9.76. The molecule has 0 bridgehead atoms. The van der Waals surface area contributed by atoms with E-state index in [1.165, 1.54) is 0 Å². The smallest absolute Gasteiger partial charge is 0.312 e. The summed E-state index contributed by atoms with van der Waals surface area (Å²) < 4.78 is 6.12. The van der Waals surface area contributed by atoms with E-state index in [1.54, 1.807) is 18.2 Å². The topological polar surface area (TPSA) is 67.4 Å². The maximum atomic E-state index is 12.2. The number of nitrogens with one attached hydrogen (secondary N) is 2. The summed E-state index contributed by atoms with van der Waals surface area (Å²) in [7, 11) is 0. The molecule has 2 fully saturated rings. The second kappa shape index (κ2) is 6.79. The molecule has 2 N–H and O–H groups in total. The van der Waals surface area contributed by atoms with Gasteiger partial charge in [0.05, 0.1) is 17.5 Å². The molecule has 0 aliphatic carbocycles. The Bertz CT molecular complexity index is 632. The predicted octanol–water partition coefficient (Wildman–Crippen LogP) is 2.52. The minimum Gasteiger partial charge on any atom is -0.460 e. The van der Waals surface area contributed by atoms with Crippen LogP contribution in [0.25, 0.3) is 0 Å². The van der Waals surface area contributed by atoms with Gasteiger partial charge >= 0.3 is 5.97 Å². The number of halogens is 2. The second-order valence-corrected chi connectivity index (χ2v) is 7.39. The number of piperidine rings is 1. The Morgan fingerprint density at radius 2 is 2.17 bits per heavy atom. The molecule has 1 amide bonds. The van der Waals surface area contributed by atoms with E-state index in [-0.39, 0.29) is 23.4 Å². The van der Waals surface area contributed by atoms with Crippen molar-refractivity contribution >= 4 is 39.4 Å². The van der Waals surface area contributed by atoms with Gasteiger partial charge in [-0.2, -0.15) is 0 Å². The van der Waals surface area contributed by atoms with E-state index in [0.717, 1.165) is 25.9 Å². The summed E-state index contributed by atoms with van der Waals surface area (Å²) in [6.07, 6.45) is 2.03. The van der Waals surface area contributed by atoms with Gasteiger partial charge in [0.1, 0.15) is 6.10 Å². The van der Waals surface area contributed by atoms with E-state index in [4.69, 9.17) is 16.3 Å². The van der Waals surface area contributed by atoms with Gasteiger partial charge in [0.15, 0.2) is 0 Å². The Labute approximate surface area is 148 Å². The van der Waals surface area contributed by atoms with Crippen molar-refractivity contribution < 1.29 is 14.3 Å². The summed E-state index contributed by atoms with van der Waals surface area (Å²) in [4.78, 5) is 24.4. The molecule has 7 heteroatoms. The number of hydrogen-bond acceptors (Lipinski definition) is 4. The third kappa shape index (κ3) is 3.54. The molecule has 2 heterocycles. The first-order valence-electron chi connectivity index (χ1n) is 7.65. The molecule has 5 nitrogen and oxygen atoms in total. The van der Waals surface area contributed by atoms with Crippen LogP contribution in [0.1, 0.15) is 29.6 Å². The van der Waals surface area contributed by atoms with Crippen LogP contribution in [0.4, 0.5) is 0 Å². The summed E-state index contributed by atoms with van der Waals surface area (Å²) in [6.45, 7) is 2.01.